The van der Waals surface area contributed by atoms with Crippen LogP contribution in [0.1, 0.15) is 12.0 Å². The molecule has 0 spiro atoms. The second-order valence-corrected chi connectivity index (χ2v) is 9.67. The van der Waals surface area contributed by atoms with E-state index in [0.29, 0.717) is 26.4 Å². The highest BCUT2D eigenvalue weighted by Gasteiger charge is 2.27. The number of esters is 1. The summed E-state index contributed by atoms with van der Waals surface area (Å²) in [5.41, 5.74) is 0.461. The van der Waals surface area contributed by atoms with E-state index in [0.717, 1.165) is 0 Å². The number of ether oxygens (including phenoxy) is 1. The van der Waals surface area contributed by atoms with Gasteiger partial charge in [0.15, 0.2) is 0 Å². The van der Waals surface area contributed by atoms with Crippen LogP contribution in [0.4, 0.5) is 0 Å². The van der Waals surface area contributed by atoms with Gasteiger partial charge in [0.25, 0.3) is 0 Å². The molecular weight excluding hydrogens is 465 g/mol. The molecular formula is C18H18Cl3NO4S2. The molecule has 0 unspecified atom stereocenters. The highest BCUT2D eigenvalue weighted by atomic mass is 35.5. The van der Waals surface area contributed by atoms with Crippen LogP contribution in [-0.4, -0.2) is 32.4 Å². The van der Waals surface area contributed by atoms with Crippen LogP contribution >= 0.6 is 46.6 Å². The average Bonchev–Trinajstić information content (AvgIpc) is 2.64. The van der Waals surface area contributed by atoms with Crippen LogP contribution in [0.2, 0.25) is 15.1 Å². The van der Waals surface area contributed by atoms with Gasteiger partial charge in [0.05, 0.1) is 4.90 Å². The molecule has 0 aromatic heterocycles. The number of nitrogens with one attached hydrogen (secondary N) is 1. The van der Waals surface area contributed by atoms with Crippen molar-refractivity contribution in [2.45, 2.75) is 24.0 Å². The summed E-state index contributed by atoms with van der Waals surface area (Å²) in [5, 5.41) is 1.14. The number of hydrogen-bond acceptors (Lipinski definition) is 5. The largest absolute Gasteiger partial charge is 0.460 e. The lowest BCUT2D eigenvalue weighted by Gasteiger charge is -2.18. The first-order chi connectivity index (χ1) is 13.2. The Hall–Kier alpha value is -0.960. The molecule has 2 aromatic carbocycles. The van der Waals surface area contributed by atoms with Crippen molar-refractivity contribution in [3.63, 3.8) is 0 Å². The Bertz CT molecular complexity index is 901. The van der Waals surface area contributed by atoms with Gasteiger partial charge in [-0.05, 0) is 54.8 Å². The summed E-state index contributed by atoms with van der Waals surface area (Å²) < 4.78 is 32.9. The fraction of sp³-hybridized carbons (Fsp3) is 0.278. The highest BCUT2D eigenvalue weighted by molar-refractivity contribution is 7.98. The minimum Gasteiger partial charge on any atom is -0.460 e. The summed E-state index contributed by atoms with van der Waals surface area (Å²) in [6.45, 7) is -0.157. The van der Waals surface area contributed by atoms with E-state index in [-0.39, 0.29) is 17.9 Å². The fourth-order valence-corrected chi connectivity index (χ4v) is 4.57. The summed E-state index contributed by atoms with van der Waals surface area (Å²) >= 11 is 19.4. The Balaban J connectivity index is 2.13. The minimum atomic E-state index is -3.92. The molecule has 0 saturated carbocycles. The van der Waals surface area contributed by atoms with Gasteiger partial charge in [-0.15, -0.1) is 0 Å². The zero-order valence-corrected chi connectivity index (χ0v) is 18.7. The van der Waals surface area contributed by atoms with E-state index in [1.165, 1.54) is 36.0 Å². The van der Waals surface area contributed by atoms with E-state index in [1.807, 2.05) is 6.26 Å². The van der Waals surface area contributed by atoms with Crippen LogP contribution in [-0.2, 0) is 26.2 Å². The normalized spacial score (nSPS) is 12.6. The van der Waals surface area contributed by atoms with Crippen molar-refractivity contribution >= 4 is 62.6 Å². The van der Waals surface area contributed by atoms with Crippen molar-refractivity contribution in [1.82, 2.24) is 4.72 Å². The molecule has 2 rings (SSSR count). The number of carbonyl (C=O) groups is 1. The number of halogens is 3. The van der Waals surface area contributed by atoms with Crippen molar-refractivity contribution in [2.24, 2.45) is 0 Å². The highest BCUT2D eigenvalue weighted by Crippen LogP contribution is 2.25. The van der Waals surface area contributed by atoms with Crippen LogP contribution in [0.5, 0.6) is 0 Å². The summed E-state index contributed by atoms with van der Waals surface area (Å²) in [4.78, 5) is 12.5. The van der Waals surface area contributed by atoms with E-state index in [1.54, 1.807) is 18.2 Å². The predicted molar refractivity (Wildman–Crippen MR) is 115 cm³/mol. The molecule has 152 valence electrons. The van der Waals surface area contributed by atoms with Crippen LogP contribution < -0.4 is 4.72 Å². The maximum atomic E-state index is 12.6. The molecule has 0 aliphatic carbocycles. The average molecular weight is 483 g/mol. The molecule has 28 heavy (non-hydrogen) atoms. The van der Waals surface area contributed by atoms with Gasteiger partial charge in [-0.2, -0.15) is 16.5 Å². The zero-order valence-electron chi connectivity index (χ0n) is 14.8. The topological polar surface area (TPSA) is 72.5 Å². The maximum absolute atomic E-state index is 12.6. The van der Waals surface area contributed by atoms with Crippen molar-refractivity contribution in [3.8, 4) is 0 Å². The van der Waals surface area contributed by atoms with E-state index >= 15 is 0 Å². The molecule has 0 bridgehead atoms. The third kappa shape index (κ3) is 6.54. The van der Waals surface area contributed by atoms with Gasteiger partial charge >= 0.3 is 5.97 Å². The van der Waals surface area contributed by atoms with Gasteiger partial charge in [-0.1, -0.05) is 40.9 Å². The molecule has 0 aliphatic heterocycles. The van der Waals surface area contributed by atoms with Gasteiger partial charge in [-0.3, -0.25) is 4.79 Å². The maximum Gasteiger partial charge on any atom is 0.324 e. The smallest absolute Gasteiger partial charge is 0.324 e. The quantitative estimate of drug-likeness (QED) is 0.520. The molecule has 0 amide bonds. The molecule has 2 aromatic rings. The second-order valence-electron chi connectivity index (χ2n) is 5.72. The molecule has 1 N–H and O–H groups in total. The third-order valence-electron chi connectivity index (χ3n) is 3.74. The van der Waals surface area contributed by atoms with Crippen molar-refractivity contribution in [3.05, 3.63) is 63.1 Å². The first kappa shape index (κ1) is 23.3. The van der Waals surface area contributed by atoms with E-state index in [2.05, 4.69) is 4.72 Å². The first-order valence-corrected chi connectivity index (χ1v) is 12.1. The number of benzene rings is 2. The zero-order chi connectivity index (χ0) is 20.7. The number of carbonyl (C=O) groups excluding carboxylic acids is 1. The van der Waals surface area contributed by atoms with Gasteiger partial charge < -0.3 is 4.74 Å². The van der Waals surface area contributed by atoms with E-state index in [4.69, 9.17) is 39.5 Å². The van der Waals surface area contributed by atoms with Crippen LogP contribution in [0.3, 0.4) is 0 Å². The standard InChI is InChI=1S/C18H18Cl3NO4S2/c1-27-10-9-17(22-28(24,25)13-7-5-12(19)6-8-13)18(23)26-11-14-15(20)3-2-4-16(14)21/h2-8,17,22H,9-11H2,1H3/t17-/m1/s1. The second kappa shape index (κ2) is 10.7. The number of rotatable bonds is 9. The Kier molecular flexibility index (Phi) is 8.92. The lowest BCUT2D eigenvalue weighted by molar-refractivity contribution is -0.147. The Morgan fingerprint density at radius 3 is 2.29 bits per heavy atom. The lowest BCUT2D eigenvalue weighted by Crippen LogP contribution is -2.42. The first-order valence-electron chi connectivity index (χ1n) is 8.11. The molecule has 0 aliphatic rings. The summed E-state index contributed by atoms with van der Waals surface area (Å²) in [6.07, 6.45) is 2.13. The lowest BCUT2D eigenvalue weighted by atomic mass is 10.2. The molecule has 5 nitrogen and oxygen atoms in total. The van der Waals surface area contributed by atoms with Crippen molar-refractivity contribution < 1.29 is 17.9 Å². The van der Waals surface area contributed by atoms with Crippen molar-refractivity contribution in [1.29, 1.82) is 0 Å². The summed E-state index contributed by atoms with van der Waals surface area (Å²) in [6, 6.07) is 9.55. The fourth-order valence-electron chi connectivity index (χ4n) is 2.24. The van der Waals surface area contributed by atoms with E-state index < -0.39 is 22.0 Å². The molecule has 0 saturated heterocycles. The SMILES string of the molecule is CSCC[C@@H](NS(=O)(=O)c1ccc(Cl)cc1)C(=O)OCc1c(Cl)cccc1Cl. The molecule has 0 fully saturated rings. The summed E-state index contributed by atoms with van der Waals surface area (Å²) in [7, 11) is -3.92. The number of hydrogen-bond donors (Lipinski definition) is 1. The van der Waals surface area contributed by atoms with Gasteiger partial charge in [-0.25, -0.2) is 8.42 Å². The molecule has 0 radical (unpaired) electrons. The molecule has 10 heteroatoms. The number of thioether (sulfide) groups is 1. The third-order valence-corrected chi connectivity index (χ3v) is 6.83. The predicted octanol–water partition coefficient (Wildman–Crippen LogP) is 4.79. The monoisotopic (exact) mass is 481 g/mol. The minimum absolute atomic E-state index is 0.00741. The Morgan fingerprint density at radius 2 is 1.71 bits per heavy atom. The van der Waals surface area contributed by atoms with Crippen LogP contribution in [0, 0.1) is 0 Å². The van der Waals surface area contributed by atoms with Gasteiger partial charge in [0.2, 0.25) is 10.0 Å². The van der Waals surface area contributed by atoms with E-state index in [9.17, 15) is 13.2 Å². The van der Waals surface area contributed by atoms with Crippen molar-refractivity contribution in [2.75, 3.05) is 12.0 Å². The van der Waals surface area contributed by atoms with Gasteiger partial charge in [0.1, 0.15) is 12.6 Å². The van der Waals surface area contributed by atoms with Crippen LogP contribution in [0.15, 0.2) is 47.4 Å². The summed E-state index contributed by atoms with van der Waals surface area (Å²) in [5.74, 6) is -0.141. The Morgan fingerprint density at radius 1 is 1.11 bits per heavy atom. The Labute approximate surface area is 183 Å². The van der Waals surface area contributed by atoms with Crippen LogP contribution in [0.25, 0.3) is 0 Å². The van der Waals surface area contributed by atoms with Gasteiger partial charge in [0, 0.05) is 20.6 Å². The number of sulfonamides is 1. The molecule has 0 heterocycles. The molecule has 1 atom stereocenters.